The number of hydrogen-bond acceptors (Lipinski definition) is 5. The van der Waals surface area contributed by atoms with Gasteiger partial charge in [-0.1, -0.05) is 54.6 Å². The maximum atomic E-state index is 13.1. The second-order valence-corrected chi connectivity index (χ2v) is 8.48. The van der Waals surface area contributed by atoms with Crippen LogP contribution in [0.25, 0.3) is 10.9 Å². The summed E-state index contributed by atoms with van der Waals surface area (Å²) in [5, 5.41) is 1.14. The second kappa shape index (κ2) is 7.98. The number of aromatic amines is 1. The molecule has 166 valence electrons. The number of nitrogens with one attached hydrogen (secondary N) is 1. The molecule has 0 amide bonds. The van der Waals surface area contributed by atoms with E-state index in [2.05, 4.69) is 40.2 Å². The van der Waals surface area contributed by atoms with Gasteiger partial charge >= 0.3 is 5.97 Å². The van der Waals surface area contributed by atoms with Crippen LogP contribution in [-0.2, 0) is 22.5 Å². The van der Waals surface area contributed by atoms with E-state index in [1.165, 1.54) is 7.11 Å². The summed E-state index contributed by atoms with van der Waals surface area (Å²) in [6, 6.07) is 23.9. The lowest BCUT2D eigenvalue weighted by Gasteiger charge is -2.41. The number of nitrogens with zero attached hydrogens (tertiary/aromatic N) is 1. The quantitative estimate of drug-likeness (QED) is 0.471. The Morgan fingerprint density at radius 1 is 1.03 bits per heavy atom. The van der Waals surface area contributed by atoms with E-state index in [-0.39, 0.29) is 18.8 Å². The molecule has 4 aromatic rings. The van der Waals surface area contributed by atoms with E-state index in [4.69, 9.17) is 14.2 Å². The van der Waals surface area contributed by atoms with Crippen molar-refractivity contribution in [1.82, 2.24) is 9.88 Å². The summed E-state index contributed by atoms with van der Waals surface area (Å²) in [5.41, 5.74) is 5.51. The van der Waals surface area contributed by atoms with E-state index < -0.39 is 6.04 Å². The van der Waals surface area contributed by atoms with Crippen molar-refractivity contribution < 1.29 is 19.0 Å². The van der Waals surface area contributed by atoms with Gasteiger partial charge in [0.2, 0.25) is 6.79 Å². The second-order valence-electron chi connectivity index (χ2n) is 8.48. The Morgan fingerprint density at radius 3 is 2.67 bits per heavy atom. The van der Waals surface area contributed by atoms with Crippen molar-refractivity contribution in [1.29, 1.82) is 0 Å². The van der Waals surface area contributed by atoms with Gasteiger partial charge in [-0.05, 0) is 34.9 Å². The molecule has 3 heterocycles. The number of esters is 1. The van der Waals surface area contributed by atoms with Crippen molar-refractivity contribution in [3.8, 4) is 11.5 Å². The summed E-state index contributed by atoms with van der Waals surface area (Å²) < 4.78 is 16.5. The standard InChI is InChI=1S/C27H24N2O4/c1-31-27(30)22-14-20-19-9-5-6-10-21(19)28-25(20)26(29(22)15-17-7-3-2-4-8-17)18-11-12-23-24(13-18)33-16-32-23/h2-13,22,26,28H,14-16H2,1H3/t22-,26+/m1/s1. The summed E-state index contributed by atoms with van der Waals surface area (Å²) in [7, 11) is 1.46. The fourth-order valence-electron chi connectivity index (χ4n) is 5.12. The molecule has 1 N–H and O–H groups in total. The van der Waals surface area contributed by atoms with Crippen LogP contribution in [0.2, 0.25) is 0 Å². The first-order chi connectivity index (χ1) is 16.2. The van der Waals surface area contributed by atoms with Gasteiger partial charge in [-0.15, -0.1) is 0 Å². The fraction of sp³-hybridized carbons (Fsp3) is 0.222. The smallest absolute Gasteiger partial charge is 0.323 e. The molecule has 3 aromatic carbocycles. The highest BCUT2D eigenvalue weighted by atomic mass is 16.7. The molecule has 33 heavy (non-hydrogen) atoms. The van der Waals surface area contributed by atoms with Crippen molar-refractivity contribution in [2.75, 3.05) is 13.9 Å². The minimum Gasteiger partial charge on any atom is -0.468 e. The molecule has 0 bridgehead atoms. The third-order valence-corrected chi connectivity index (χ3v) is 6.64. The molecule has 0 spiro atoms. The van der Waals surface area contributed by atoms with Gasteiger partial charge in [0.15, 0.2) is 11.5 Å². The van der Waals surface area contributed by atoms with Gasteiger partial charge in [0.05, 0.1) is 13.2 Å². The number of ether oxygens (including phenoxy) is 3. The first-order valence-corrected chi connectivity index (χ1v) is 11.1. The third kappa shape index (κ3) is 3.34. The topological polar surface area (TPSA) is 63.8 Å². The minimum atomic E-state index is -0.419. The molecule has 6 nitrogen and oxygen atoms in total. The molecule has 0 aliphatic carbocycles. The van der Waals surface area contributed by atoms with Crippen molar-refractivity contribution in [2.24, 2.45) is 0 Å². The summed E-state index contributed by atoms with van der Waals surface area (Å²) in [6.07, 6.45) is 0.583. The van der Waals surface area contributed by atoms with E-state index in [0.29, 0.717) is 13.0 Å². The van der Waals surface area contributed by atoms with Crippen LogP contribution in [0.1, 0.15) is 28.4 Å². The van der Waals surface area contributed by atoms with Crippen molar-refractivity contribution >= 4 is 16.9 Å². The van der Waals surface area contributed by atoms with Crippen LogP contribution < -0.4 is 9.47 Å². The van der Waals surface area contributed by atoms with Gasteiger partial charge in [-0.25, -0.2) is 0 Å². The highest BCUT2D eigenvalue weighted by molar-refractivity contribution is 5.87. The Balaban J connectivity index is 1.55. The average Bonchev–Trinajstić information content (AvgIpc) is 3.47. The zero-order chi connectivity index (χ0) is 22.4. The molecule has 2 aliphatic rings. The summed E-state index contributed by atoms with van der Waals surface area (Å²) in [5.74, 6) is 1.24. The predicted octanol–water partition coefficient (Wildman–Crippen LogP) is 4.59. The molecule has 2 atom stereocenters. The Hall–Kier alpha value is -3.77. The zero-order valence-corrected chi connectivity index (χ0v) is 18.3. The summed E-state index contributed by atoms with van der Waals surface area (Å²) in [4.78, 5) is 19.0. The molecule has 6 heteroatoms. The molecule has 0 saturated carbocycles. The van der Waals surface area contributed by atoms with E-state index in [1.54, 1.807) is 0 Å². The number of benzene rings is 3. The number of carbonyl (C=O) groups excluding carboxylic acids is 1. The SMILES string of the molecule is COC(=O)[C@H]1Cc2c([nH]c3ccccc23)[C@H](c2ccc3c(c2)OCO3)N1Cc1ccccc1. The van der Waals surface area contributed by atoms with Gasteiger partial charge in [0.25, 0.3) is 0 Å². The highest BCUT2D eigenvalue weighted by Gasteiger charge is 2.41. The average molecular weight is 440 g/mol. The van der Waals surface area contributed by atoms with Gasteiger partial charge in [0, 0.05) is 29.6 Å². The van der Waals surface area contributed by atoms with Crippen LogP contribution in [0, 0.1) is 0 Å². The molecular formula is C27H24N2O4. The van der Waals surface area contributed by atoms with Crippen LogP contribution in [0.5, 0.6) is 11.5 Å². The number of rotatable bonds is 4. The van der Waals surface area contributed by atoms with Gasteiger partial charge in [-0.3, -0.25) is 9.69 Å². The van der Waals surface area contributed by atoms with E-state index in [1.807, 2.05) is 42.5 Å². The Labute approximate surface area is 191 Å². The highest BCUT2D eigenvalue weighted by Crippen LogP contribution is 2.44. The van der Waals surface area contributed by atoms with E-state index in [9.17, 15) is 4.79 Å². The minimum absolute atomic E-state index is 0.181. The summed E-state index contributed by atoms with van der Waals surface area (Å²) >= 11 is 0. The maximum Gasteiger partial charge on any atom is 0.323 e. The molecule has 2 aliphatic heterocycles. The van der Waals surface area contributed by atoms with Crippen LogP contribution in [0.3, 0.4) is 0 Å². The number of fused-ring (bicyclic) bond motifs is 4. The number of aromatic nitrogens is 1. The maximum absolute atomic E-state index is 13.1. The lowest BCUT2D eigenvalue weighted by molar-refractivity contribution is -0.148. The largest absolute Gasteiger partial charge is 0.468 e. The Bertz CT molecular complexity index is 1330. The summed E-state index contributed by atoms with van der Waals surface area (Å²) in [6.45, 7) is 0.828. The third-order valence-electron chi connectivity index (χ3n) is 6.64. The van der Waals surface area contributed by atoms with Crippen LogP contribution >= 0.6 is 0 Å². The number of carbonyl (C=O) groups is 1. The number of para-hydroxylation sites is 1. The monoisotopic (exact) mass is 440 g/mol. The fourth-order valence-corrected chi connectivity index (χ4v) is 5.12. The Kier molecular flexibility index (Phi) is 4.80. The molecule has 1 aromatic heterocycles. The van der Waals surface area contributed by atoms with Crippen LogP contribution in [0.4, 0.5) is 0 Å². The zero-order valence-electron chi connectivity index (χ0n) is 18.3. The molecule has 6 rings (SSSR count). The molecule has 0 saturated heterocycles. The molecule has 0 radical (unpaired) electrons. The molecule has 0 unspecified atom stereocenters. The Morgan fingerprint density at radius 2 is 1.82 bits per heavy atom. The van der Waals surface area contributed by atoms with Gasteiger partial charge in [-0.2, -0.15) is 0 Å². The number of methoxy groups -OCH3 is 1. The van der Waals surface area contributed by atoms with E-state index >= 15 is 0 Å². The van der Waals surface area contributed by atoms with Gasteiger partial charge in [0.1, 0.15) is 6.04 Å². The van der Waals surface area contributed by atoms with Crippen LogP contribution in [-0.4, -0.2) is 35.8 Å². The van der Waals surface area contributed by atoms with E-state index in [0.717, 1.165) is 44.8 Å². The van der Waals surface area contributed by atoms with Crippen molar-refractivity contribution in [2.45, 2.75) is 25.0 Å². The molecule has 0 fully saturated rings. The lowest BCUT2D eigenvalue weighted by atomic mass is 9.87. The van der Waals surface area contributed by atoms with Crippen molar-refractivity contribution in [3.63, 3.8) is 0 Å². The number of H-pyrrole nitrogens is 1. The lowest BCUT2D eigenvalue weighted by Crippen LogP contribution is -2.48. The first-order valence-electron chi connectivity index (χ1n) is 11.1. The van der Waals surface area contributed by atoms with Gasteiger partial charge < -0.3 is 19.2 Å². The first kappa shape index (κ1) is 19.9. The molecular weight excluding hydrogens is 416 g/mol. The normalized spacial score (nSPS) is 19.4. The predicted molar refractivity (Wildman–Crippen MR) is 124 cm³/mol. The van der Waals surface area contributed by atoms with Crippen LogP contribution in [0.15, 0.2) is 72.8 Å². The van der Waals surface area contributed by atoms with Crippen molar-refractivity contribution in [3.05, 3.63) is 95.2 Å². The number of hydrogen-bond donors (Lipinski definition) is 1.